The highest BCUT2D eigenvalue weighted by molar-refractivity contribution is 7.91. The Morgan fingerprint density at radius 1 is 1.07 bits per heavy atom. The molecule has 2 heterocycles. The summed E-state index contributed by atoms with van der Waals surface area (Å²) < 4.78 is 62.9. The number of hydrogen-bond donors (Lipinski definition) is 2. The first-order valence-corrected chi connectivity index (χ1v) is 14.5. The highest BCUT2D eigenvalue weighted by Gasteiger charge is 2.38. The summed E-state index contributed by atoms with van der Waals surface area (Å²) in [6.07, 6.45) is -1.50. The molecule has 0 saturated carbocycles. The maximum Gasteiger partial charge on any atom is 0.416 e. The van der Waals surface area contributed by atoms with Gasteiger partial charge < -0.3 is 15.3 Å². The van der Waals surface area contributed by atoms with Crippen LogP contribution in [-0.2, 0) is 20.8 Å². The van der Waals surface area contributed by atoms with Gasteiger partial charge in [0.2, 0.25) is 5.95 Å². The fourth-order valence-electron chi connectivity index (χ4n) is 4.77. The van der Waals surface area contributed by atoms with Gasteiger partial charge in [-0.3, -0.25) is 9.59 Å². The zero-order chi connectivity index (χ0) is 29.9. The average molecular weight is 591 g/mol. The second-order valence-electron chi connectivity index (χ2n) is 9.78. The van der Waals surface area contributed by atoms with Crippen LogP contribution in [0.2, 0.25) is 0 Å². The van der Waals surface area contributed by atoms with Crippen LogP contribution in [0.15, 0.2) is 65.8 Å². The lowest BCUT2D eigenvalue weighted by atomic mass is 9.94. The third-order valence-corrected chi connectivity index (χ3v) is 8.90. The van der Waals surface area contributed by atoms with E-state index in [1.807, 2.05) is 0 Å². The molecule has 0 aliphatic carbocycles. The number of anilines is 1. The SMILES string of the molecule is CCS(=O)(=O)c1ccc([C@H](CO)NC(=O)c2cnc(N3CC(c4ccc(C(F)(F)F)cc4)C[C@H]3C(C)=O)nc2)cc1. The third-order valence-electron chi connectivity index (χ3n) is 7.15. The maximum absolute atomic E-state index is 12.9. The summed E-state index contributed by atoms with van der Waals surface area (Å²) in [5.41, 5.74) is 0.513. The molecule has 218 valence electrons. The molecule has 1 aromatic heterocycles. The molecule has 1 aliphatic rings. The number of alkyl halides is 3. The molecule has 0 spiro atoms. The first-order chi connectivity index (χ1) is 19.3. The van der Waals surface area contributed by atoms with Crippen molar-refractivity contribution in [2.45, 2.75) is 49.3 Å². The second-order valence-corrected chi connectivity index (χ2v) is 12.1. The van der Waals surface area contributed by atoms with Crippen LogP contribution >= 0.6 is 0 Å². The Morgan fingerprint density at radius 2 is 1.68 bits per heavy atom. The van der Waals surface area contributed by atoms with Gasteiger partial charge in [0.15, 0.2) is 15.6 Å². The molecule has 1 saturated heterocycles. The lowest BCUT2D eigenvalue weighted by molar-refractivity contribution is -0.137. The Kier molecular flexibility index (Phi) is 8.78. The highest BCUT2D eigenvalue weighted by Crippen LogP contribution is 2.36. The normalized spacial score (nSPS) is 18.2. The fourth-order valence-corrected chi connectivity index (χ4v) is 5.65. The quantitative estimate of drug-likeness (QED) is 0.386. The van der Waals surface area contributed by atoms with Crippen molar-refractivity contribution in [3.8, 4) is 0 Å². The predicted molar refractivity (Wildman–Crippen MR) is 144 cm³/mol. The highest BCUT2D eigenvalue weighted by atomic mass is 32.2. The van der Waals surface area contributed by atoms with E-state index in [0.29, 0.717) is 24.1 Å². The Labute approximate surface area is 235 Å². The number of nitrogens with one attached hydrogen (secondary N) is 1. The number of nitrogens with zero attached hydrogens (tertiary/aromatic N) is 3. The summed E-state index contributed by atoms with van der Waals surface area (Å²) in [5.74, 6) is -0.797. The molecular formula is C28H29F3N4O5S. The number of benzene rings is 2. The van der Waals surface area contributed by atoms with Gasteiger partial charge in [-0.15, -0.1) is 0 Å². The van der Waals surface area contributed by atoms with Gasteiger partial charge in [-0.05, 0) is 48.7 Å². The van der Waals surface area contributed by atoms with E-state index in [0.717, 1.165) is 12.1 Å². The van der Waals surface area contributed by atoms with Crippen LogP contribution in [0.5, 0.6) is 0 Å². The van der Waals surface area contributed by atoms with Crippen molar-refractivity contribution < 1.29 is 36.3 Å². The number of aliphatic hydroxyl groups excluding tert-OH is 1. The predicted octanol–water partition coefficient (Wildman–Crippen LogP) is 3.70. The summed E-state index contributed by atoms with van der Waals surface area (Å²) in [6, 6.07) is 9.34. The van der Waals surface area contributed by atoms with Crippen LogP contribution in [0.4, 0.5) is 19.1 Å². The van der Waals surface area contributed by atoms with Crippen LogP contribution < -0.4 is 10.2 Å². The van der Waals surface area contributed by atoms with Gasteiger partial charge in [0.25, 0.3) is 5.91 Å². The van der Waals surface area contributed by atoms with E-state index in [9.17, 15) is 36.3 Å². The minimum Gasteiger partial charge on any atom is -0.394 e. The number of aromatic nitrogens is 2. The number of carbonyl (C=O) groups excluding carboxylic acids is 2. The van der Waals surface area contributed by atoms with Crippen LogP contribution in [0.25, 0.3) is 0 Å². The third kappa shape index (κ3) is 6.73. The molecule has 2 N–H and O–H groups in total. The number of halogens is 3. The monoisotopic (exact) mass is 590 g/mol. The van der Waals surface area contributed by atoms with Crippen LogP contribution in [-0.4, -0.2) is 60.1 Å². The fraction of sp³-hybridized carbons (Fsp3) is 0.357. The maximum atomic E-state index is 12.9. The van der Waals surface area contributed by atoms with E-state index in [1.54, 1.807) is 4.90 Å². The van der Waals surface area contributed by atoms with Crippen molar-refractivity contribution in [2.24, 2.45) is 0 Å². The summed E-state index contributed by atoms with van der Waals surface area (Å²) in [4.78, 5) is 35.6. The minimum absolute atomic E-state index is 0.0528. The summed E-state index contributed by atoms with van der Waals surface area (Å²) >= 11 is 0. The molecule has 1 aliphatic heterocycles. The number of ketones is 1. The van der Waals surface area contributed by atoms with Gasteiger partial charge in [-0.25, -0.2) is 18.4 Å². The Bertz CT molecular complexity index is 1500. The molecule has 41 heavy (non-hydrogen) atoms. The lowest BCUT2D eigenvalue weighted by Gasteiger charge is -2.22. The smallest absolute Gasteiger partial charge is 0.394 e. The minimum atomic E-state index is -4.44. The van der Waals surface area contributed by atoms with Crippen molar-refractivity contribution in [3.63, 3.8) is 0 Å². The van der Waals surface area contributed by atoms with Gasteiger partial charge in [-0.2, -0.15) is 13.2 Å². The van der Waals surface area contributed by atoms with Gasteiger partial charge >= 0.3 is 6.18 Å². The zero-order valence-electron chi connectivity index (χ0n) is 22.3. The Balaban J connectivity index is 1.46. The van der Waals surface area contributed by atoms with Crippen molar-refractivity contribution in [1.29, 1.82) is 0 Å². The number of aliphatic hydroxyl groups is 1. The van der Waals surface area contributed by atoms with E-state index in [2.05, 4.69) is 15.3 Å². The molecule has 1 amide bonds. The molecule has 13 heteroatoms. The standard InChI is InChI=1S/C28H29F3N4O5S/c1-3-41(39,40)23-10-6-19(7-11-23)24(16-36)34-26(38)21-13-32-27(33-14-21)35-15-20(12-25(35)17(2)37)18-4-8-22(9-5-18)28(29,30)31/h4-11,13-14,20,24-25,36H,3,12,15-16H2,1-2H3,(H,34,38)/t20?,24-,25-/m0/s1. The number of Topliss-reactive ketones (excluding diaryl/α,β-unsaturated/α-hetero) is 1. The topological polar surface area (TPSA) is 130 Å². The van der Waals surface area contributed by atoms with Crippen molar-refractivity contribution in [2.75, 3.05) is 23.8 Å². The number of amides is 1. The Hall–Kier alpha value is -3.84. The molecule has 0 radical (unpaired) electrons. The van der Waals surface area contributed by atoms with Crippen molar-refractivity contribution in [1.82, 2.24) is 15.3 Å². The van der Waals surface area contributed by atoms with E-state index in [4.69, 9.17) is 0 Å². The molecule has 3 aromatic rings. The van der Waals surface area contributed by atoms with Crippen molar-refractivity contribution in [3.05, 3.63) is 83.2 Å². The number of rotatable bonds is 9. The lowest BCUT2D eigenvalue weighted by Crippen LogP contribution is -2.36. The molecule has 1 fully saturated rings. The van der Waals surface area contributed by atoms with Crippen molar-refractivity contribution >= 4 is 27.5 Å². The second kappa shape index (κ2) is 12.0. The molecule has 2 aromatic carbocycles. The van der Waals surface area contributed by atoms with Crippen LogP contribution in [0.1, 0.15) is 59.3 Å². The summed E-state index contributed by atoms with van der Waals surface area (Å²) in [5, 5.41) is 12.5. The van der Waals surface area contributed by atoms with Gasteiger partial charge in [0.05, 0.1) is 40.5 Å². The number of carbonyl (C=O) groups is 2. The largest absolute Gasteiger partial charge is 0.416 e. The molecule has 0 bridgehead atoms. The van der Waals surface area contributed by atoms with E-state index in [1.165, 1.54) is 62.6 Å². The van der Waals surface area contributed by atoms with Gasteiger partial charge in [0, 0.05) is 24.9 Å². The van der Waals surface area contributed by atoms with Crippen LogP contribution in [0, 0.1) is 0 Å². The molecule has 9 nitrogen and oxygen atoms in total. The number of sulfone groups is 1. The first-order valence-electron chi connectivity index (χ1n) is 12.8. The summed E-state index contributed by atoms with van der Waals surface area (Å²) in [6.45, 7) is 2.82. The van der Waals surface area contributed by atoms with E-state index in [-0.39, 0.29) is 33.9 Å². The van der Waals surface area contributed by atoms with E-state index >= 15 is 0 Å². The van der Waals surface area contributed by atoms with Crippen LogP contribution in [0.3, 0.4) is 0 Å². The number of hydrogen-bond acceptors (Lipinski definition) is 8. The molecule has 4 rings (SSSR count). The van der Waals surface area contributed by atoms with Gasteiger partial charge in [-0.1, -0.05) is 31.2 Å². The van der Waals surface area contributed by atoms with Gasteiger partial charge in [0.1, 0.15) is 0 Å². The summed E-state index contributed by atoms with van der Waals surface area (Å²) in [7, 11) is -3.39. The molecule has 1 unspecified atom stereocenters. The molecular weight excluding hydrogens is 561 g/mol. The Morgan fingerprint density at radius 3 is 2.20 bits per heavy atom. The average Bonchev–Trinajstić information content (AvgIpc) is 3.42. The zero-order valence-corrected chi connectivity index (χ0v) is 23.1. The van der Waals surface area contributed by atoms with E-state index < -0.39 is 46.2 Å². The first kappa shape index (κ1) is 30.1. The molecule has 3 atom stereocenters.